The van der Waals surface area contributed by atoms with Gasteiger partial charge >= 0.3 is 65.5 Å². The van der Waals surface area contributed by atoms with Gasteiger partial charge in [0.15, 0.2) is 0 Å². The summed E-state index contributed by atoms with van der Waals surface area (Å²) in [6.45, 7) is 0. The van der Waals surface area contributed by atoms with Crippen molar-refractivity contribution >= 4 is 7.82 Å². The predicted molar refractivity (Wildman–Crippen MR) is 13.4 cm³/mol. The number of rotatable bonds is 0. The van der Waals surface area contributed by atoms with Crippen LogP contribution in [0.1, 0.15) is 0 Å². The van der Waals surface area contributed by atoms with E-state index in [0.29, 0.717) is 0 Å². The van der Waals surface area contributed by atoms with Crippen molar-refractivity contribution in [3.05, 3.63) is 0 Å². The van der Waals surface area contributed by atoms with E-state index in [0.717, 1.165) is 0 Å². The van der Waals surface area contributed by atoms with Crippen molar-refractivity contribution < 1.29 is 84.7 Å². The summed E-state index contributed by atoms with van der Waals surface area (Å²) in [5.41, 5.74) is 0. The van der Waals surface area contributed by atoms with Gasteiger partial charge in [0.05, 0.1) is 0 Å². The molecule has 0 heterocycles. The molecule has 0 aromatic heterocycles. The first-order chi connectivity index (χ1) is 4.00. The molecule has 12 heteroatoms. The SMILES string of the molecule is O=P([O-])([O-])[O-].[Fe+2].[Li+].[O]=[Cr](=[O])([OH])[OH]. The molecule has 0 aliphatic heterocycles. The molecule has 0 radical (unpaired) electrons. The zero-order valence-electron chi connectivity index (χ0n) is 5.55. The van der Waals surface area contributed by atoms with Crippen LogP contribution in [-0.2, 0) is 42.9 Å². The molecule has 70 valence electrons. The van der Waals surface area contributed by atoms with E-state index in [1.807, 2.05) is 0 Å². The van der Waals surface area contributed by atoms with Crippen molar-refractivity contribution in [3.63, 3.8) is 0 Å². The second-order valence-corrected chi connectivity index (χ2v) is 3.19. The van der Waals surface area contributed by atoms with E-state index in [4.69, 9.17) is 35.2 Å². The third kappa shape index (κ3) is 728. The van der Waals surface area contributed by atoms with E-state index in [1.54, 1.807) is 0 Å². The summed E-state index contributed by atoms with van der Waals surface area (Å²) in [6, 6.07) is 0. The molecule has 0 amide bonds. The average molecular weight is 276 g/mol. The van der Waals surface area contributed by atoms with Crippen LogP contribution in [0.15, 0.2) is 0 Å². The molecule has 8 nitrogen and oxygen atoms in total. The topological polar surface area (TPSA) is 161 Å². The van der Waals surface area contributed by atoms with Crippen LogP contribution >= 0.6 is 7.82 Å². The van der Waals surface area contributed by atoms with Crippen LogP contribution < -0.4 is 33.5 Å². The molecular weight excluding hydrogens is 274 g/mol. The number of hydrogen-bond acceptors (Lipinski definition) is 6. The van der Waals surface area contributed by atoms with Gasteiger partial charge in [0.25, 0.3) is 0 Å². The Morgan fingerprint density at radius 2 is 1.08 bits per heavy atom. The first-order valence-electron chi connectivity index (χ1n) is 1.43. The van der Waals surface area contributed by atoms with Gasteiger partial charge in [-0.05, 0) is 0 Å². The van der Waals surface area contributed by atoms with E-state index in [-0.39, 0.29) is 35.9 Å². The van der Waals surface area contributed by atoms with E-state index in [1.165, 1.54) is 0 Å². The molecular formula is H2CrFeLiO8P. The Morgan fingerprint density at radius 1 is 1.08 bits per heavy atom. The fourth-order valence-electron chi connectivity index (χ4n) is 0. The van der Waals surface area contributed by atoms with E-state index in [9.17, 15) is 0 Å². The van der Waals surface area contributed by atoms with Gasteiger partial charge in [0.1, 0.15) is 0 Å². The fraction of sp³-hybridized carbons (Fsp3) is 0. The molecule has 0 atom stereocenters. The van der Waals surface area contributed by atoms with Gasteiger partial charge in [-0.3, -0.25) is 0 Å². The minimum atomic E-state index is -5.39. The first kappa shape index (κ1) is 23.3. The fourth-order valence-corrected chi connectivity index (χ4v) is 0. The van der Waals surface area contributed by atoms with Crippen LogP contribution in [0.25, 0.3) is 0 Å². The van der Waals surface area contributed by atoms with E-state index >= 15 is 0 Å². The summed E-state index contributed by atoms with van der Waals surface area (Å²) in [5, 5.41) is 0. The maximum atomic E-state index is 8.82. The van der Waals surface area contributed by atoms with Crippen molar-refractivity contribution in [2.75, 3.05) is 0 Å². The molecule has 0 rings (SSSR count). The Hall–Kier alpha value is 1.28. The second kappa shape index (κ2) is 8.86. The van der Waals surface area contributed by atoms with Crippen LogP contribution in [0.2, 0.25) is 0 Å². The quantitative estimate of drug-likeness (QED) is 0.325. The van der Waals surface area contributed by atoms with Gasteiger partial charge in [-0.1, -0.05) is 0 Å². The maximum absolute atomic E-state index is 8.82. The third-order valence-electron chi connectivity index (χ3n) is 0. The van der Waals surface area contributed by atoms with Crippen LogP contribution in [0.4, 0.5) is 0 Å². The Kier molecular flexibility index (Phi) is 17.2. The van der Waals surface area contributed by atoms with Crippen LogP contribution in [-0.4, -0.2) is 8.32 Å². The molecule has 0 unspecified atom stereocenters. The minimum absolute atomic E-state index is 0. The molecule has 0 fully saturated rings. The van der Waals surface area contributed by atoms with Crippen LogP contribution in [0.5, 0.6) is 0 Å². The molecule has 0 spiro atoms. The molecule has 0 saturated heterocycles. The Balaban J connectivity index is -0.0000000457. The number of hydrogen-bond donors (Lipinski definition) is 2. The van der Waals surface area contributed by atoms with Gasteiger partial charge < -0.3 is 19.2 Å². The zero-order chi connectivity index (χ0) is 9.00. The summed E-state index contributed by atoms with van der Waals surface area (Å²) in [7, 11) is -5.39. The van der Waals surface area contributed by atoms with Gasteiger partial charge in [0.2, 0.25) is 0 Å². The van der Waals surface area contributed by atoms with Gasteiger partial charge in [-0.2, -0.15) is 7.82 Å². The molecule has 2 N–H and O–H groups in total. The van der Waals surface area contributed by atoms with Crippen LogP contribution in [0.3, 0.4) is 0 Å². The zero-order valence-corrected chi connectivity index (χ0v) is 8.83. The summed E-state index contributed by atoms with van der Waals surface area (Å²) in [5.74, 6) is 0. The Morgan fingerprint density at radius 3 is 1.08 bits per heavy atom. The van der Waals surface area contributed by atoms with Gasteiger partial charge in [-0.25, -0.2) is 0 Å². The normalized spacial score (nSPS) is 9.75. The summed E-state index contributed by atoms with van der Waals surface area (Å²) in [6.07, 6.45) is 0. The van der Waals surface area contributed by atoms with Crippen molar-refractivity contribution in [1.82, 2.24) is 0 Å². The molecule has 0 aromatic rings. The Labute approximate surface area is 92.3 Å². The van der Waals surface area contributed by atoms with Gasteiger partial charge in [0, 0.05) is 0 Å². The van der Waals surface area contributed by atoms with Crippen LogP contribution in [0, 0.1) is 0 Å². The second-order valence-electron chi connectivity index (χ2n) is 0.895. The predicted octanol–water partition coefficient (Wildman–Crippen LogP) is -7.18. The molecule has 0 bridgehead atoms. The molecule has 0 saturated carbocycles. The summed E-state index contributed by atoms with van der Waals surface area (Å²) in [4.78, 5) is 25.6. The Bertz CT molecular complexity index is 197. The molecule has 0 aromatic carbocycles. The van der Waals surface area contributed by atoms with Crippen molar-refractivity contribution in [3.8, 4) is 0 Å². The van der Waals surface area contributed by atoms with E-state index < -0.39 is 21.4 Å². The van der Waals surface area contributed by atoms with Gasteiger partial charge in [-0.15, -0.1) is 0 Å². The summed E-state index contributed by atoms with van der Waals surface area (Å²) < 4.78 is 40.4. The summed E-state index contributed by atoms with van der Waals surface area (Å²) >= 11 is -5.25. The van der Waals surface area contributed by atoms with E-state index in [2.05, 4.69) is 0 Å². The van der Waals surface area contributed by atoms with Crippen molar-refractivity contribution in [2.24, 2.45) is 0 Å². The average Bonchev–Trinajstić information content (AvgIpc) is 1.12. The number of phosphoric acid groups is 1. The standard InChI is InChI=1S/Cr.Fe.Li.H3O4P.2H2O.2O/c;;;1-5(2,3)4;;;;/h;;;(H3,1,2,3,4);2*1H2;;/q2*+2;+1;;;;;/p-5. The van der Waals surface area contributed by atoms with Crippen molar-refractivity contribution in [2.45, 2.75) is 0 Å². The third-order valence-corrected chi connectivity index (χ3v) is 0. The monoisotopic (exact) mass is 276 g/mol. The first-order valence-corrected chi connectivity index (χ1v) is 5.07. The van der Waals surface area contributed by atoms with Crippen molar-refractivity contribution in [1.29, 1.82) is 0 Å². The molecule has 0 aliphatic carbocycles. The molecule has 0 aliphatic rings. The molecule has 12 heavy (non-hydrogen) atoms.